The Kier molecular flexibility index (Phi) is 3.78. The van der Waals surface area contributed by atoms with E-state index in [0.29, 0.717) is 18.2 Å². The minimum Gasteiger partial charge on any atom is -0.331 e. The zero-order chi connectivity index (χ0) is 13.9. The Balaban J connectivity index is 1.82. The van der Waals surface area contributed by atoms with Gasteiger partial charge in [-0.3, -0.25) is 14.8 Å². The van der Waals surface area contributed by atoms with Crippen LogP contribution in [-0.2, 0) is 6.54 Å². The van der Waals surface area contributed by atoms with E-state index in [2.05, 4.69) is 25.9 Å². The van der Waals surface area contributed by atoms with Gasteiger partial charge in [-0.1, -0.05) is 6.07 Å². The Hall–Kier alpha value is -1.75. The first-order valence-corrected chi connectivity index (χ1v) is 7.34. The number of amides is 1. The minimum atomic E-state index is 0.0325. The van der Waals surface area contributed by atoms with Gasteiger partial charge in [0.15, 0.2) is 0 Å². The molecule has 0 aliphatic heterocycles. The van der Waals surface area contributed by atoms with Crippen LogP contribution in [0.15, 0.2) is 47.5 Å². The number of halogens is 1. The lowest BCUT2D eigenvalue weighted by Crippen LogP contribution is -2.32. The van der Waals surface area contributed by atoms with Gasteiger partial charge >= 0.3 is 0 Å². The van der Waals surface area contributed by atoms with Gasteiger partial charge in [-0.15, -0.1) is 0 Å². The van der Waals surface area contributed by atoms with E-state index in [1.807, 2.05) is 29.3 Å². The molecule has 0 radical (unpaired) electrons. The molecule has 102 valence electrons. The van der Waals surface area contributed by atoms with Crippen molar-refractivity contribution >= 4 is 21.8 Å². The van der Waals surface area contributed by atoms with Crippen molar-refractivity contribution in [2.75, 3.05) is 0 Å². The molecule has 20 heavy (non-hydrogen) atoms. The minimum absolute atomic E-state index is 0.0325. The molecule has 0 N–H and O–H groups in total. The quantitative estimate of drug-likeness (QED) is 0.865. The lowest BCUT2D eigenvalue weighted by atomic mass is 10.2. The maximum absolute atomic E-state index is 12.6. The van der Waals surface area contributed by atoms with Gasteiger partial charge in [0, 0.05) is 41.8 Å². The lowest BCUT2D eigenvalue weighted by Gasteiger charge is -2.22. The van der Waals surface area contributed by atoms with Crippen LogP contribution in [0.25, 0.3) is 0 Å². The fraction of sp³-hybridized carbons (Fsp3) is 0.267. The normalized spacial score (nSPS) is 14.1. The van der Waals surface area contributed by atoms with Crippen LogP contribution in [0.5, 0.6) is 0 Å². The topological polar surface area (TPSA) is 46.1 Å². The Morgan fingerprint density at radius 1 is 1.30 bits per heavy atom. The summed E-state index contributed by atoms with van der Waals surface area (Å²) in [5, 5.41) is 0. The molecular formula is C15H14BrN3O. The summed E-state index contributed by atoms with van der Waals surface area (Å²) >= 11 is 3.36. The van der Waals surface area contributed by atoms with Crippen LogP contribution in [0, 0.1) is 0 Å². The van der Waals surface area contributed by atoms with Gasteiger partial charge in [-0.05, 0) is 46.5 Å². The van der Waals surface area contributed by atoms with Crippen molar-refractivity contribution in [2.45, 2.75) is 25.4 Å². The summed E-state index contributed by atoms with van der Waals surface area (Å²) in [6, 6.07) is 6.05. The molecule has 2 aromatic heterocycles. The third-order valence-corrected chi connectivity index (χ3v) is 3.71. The number of nitrogens with zero attached hydrogens (tertiary/aromatic N) is 3. The lowest BCUT2D eigenvalue weighted by molar-refractivity contribution is 0.0729. The summed E-state index contributed by atoms with van der Waals surface area (Å²) in [6.07, 6.45) is 9.00. The molecule has 0 bridgehead atoms. The summed E-state index contributed by atoms with van der Waals surface area (Å²) in [5.74, 6) is 0.0325. The largest absolute Gasteiger partial charge is 0.331 e. The third kappa shape index (κ3) is 3.04. The highest BCUT2D eigenvalue weighted by molar-refractivity contribution is 9.10. The van der Waals surface area contributed by atoms with Crippen molar-refractivity contribution in [3.05, 3.63) is 58.6 Å². The molecule has 2 aromatic rings. The Labute approximate surface area is 126 Å². The van der Waals surface area contributed by atoms with Crippen molar-refractivity contribution in [1.29, 1.82) is 0 Å². The van der Waals surface area contributed by atoms with Crippen molar-refractivity contribution in [1.82, 2.24) is 14.9 Å². The molecule has 1 amide bonds. The second kappa shape index (κ2) is 5.71. The maximum Gasteiger partial charge on any atom is 0.256 e. The summed E-state index contributed by atoms with van der Waals surface area (Å²) in [5.41, 5.74) is 1.67. The van der Waals surface area contributed by atoms with Gasteiger partial charge in [0.1, 0.15) is 0 Å². The monoisotopic (exact) mass is 331 g/mol. The van der Waals surface area contributed by atoms with Crippen molar-refractivity contribution in [3.8, 4) is 0 Å². The fourth-order valence-corrected chi connectivity index (χ4v) is 2.50. The molecule has 2 heterocycles. The van der Waals surface area contributed by atoms with E-state index in [9.17, 15) is 4.79 Å². The van der Waals surface area contributed by atoms with Gasteiger partial charge in [0.25, 0.3) is 5.91 Å². The van der Waals surface area contributed by atoms with Gasteiger partial charge in [-0.2, -0.15) is 0 Å². The highest BCUT2D eigenvalue weighted by Gasteiger charge is 2.33. The average Bonchev–Trinajstić information content (AvgIpc) is 3.30. The molecule has 0 atom stereocenters. The van der Waals surface area contributed by atoms with E-state index in [1.54, 1.807) is 18.6 Å². The van der Waals surface area contributed by atoms with Gasteiger partial charge in [0.2, 0.25) is 0 Å². The first-order chi connectivity index (χ1) is 9.74. The maximum atomic E-state index is 12.6. The summed E-state index contributed by atoms with van der Waals surface area (Å²) < 4.78 is 0.820. The highest BCUT2D eigenvalue weighted by atomic mass is 79.9. The number of hydrogen-bond acceptors (Lipinski definition) is 3. The third-order valence-electron chi connectivity index (χ3n) is 3.28. The second-order valence-corrected chi connectivity index (χ2v) is 5.83. The summed E-state index contributed by atoms with van der Waals surface area (Å²) in [4.78, 5) is 22.7. The molecule has 0 spiro atoms. The van der Waals surface area contributed by atoms with Crippen LogP contribution in [0.1, 0.15) is 28.8 Å². The van der Waals surface area contributed by atoms with E-state index in [-0.39, 0.29) is 5.91 Å². The molecule has 1 saturated carbocycles. The number of rotatable bonds is 4. The molecule has 1 fully saturated rings. The first kappa shape index (κ1) is 13.2. The number of aromatic nitrogens is 2. The molecule has 3 rings (SSSR count). The van der Waals surface area contributed by atoms with E-state index < -0.39 is 0 Å². The van der Waals surface area contributed by atoms with Crippen LogP contribution in [0.4, 0.5) is 0 Å². The van der Waals surface area contributed by atoms with Crippen molar-refractivity contribution in [3.63, 3.8) is 0 Å². The number of hydrogen-bond donors (Lipinski definition) is 0. The Bertz CT molecular complexity index is 614. The van der Waals surface area contributed by atoms with Crippen LogP contribution >= 0.6 is 15.9 Å². The predicted octanol–water partition coefficient (Wildman–Crippen LogP) is 3.04. The smallest absolute Gasteiger partial charge is 0.256 e. The van der Waals surface area contributed by atoms with Crippen LogP contribution in [0.2, 0.25) is 0 Å². The van der Waals surface area contributed by atoms with E-state index >= 15 is 0 Å². The van der Waals surface area contributed by atoms with E-state index in [4.69, 9.17) is 0 Å². The SMILES string of the molecule is O=C(c1cncc(Br)c1)N(Cc1cccnc1)C1CC1. The predicted molar refractivity (Wildman–Crippen MR) is 79.1 cm³/mol. The number of carbonyl (C=O) groups is 1. The summed E-state index contributed by atoms with van der Waals surface area (Å²) in [6.45, 7) is 0.601. The Morgan fingerprint density at radius 3 is 2.80 bits per heavy atom. The fourth-order valence-electron chi connectivity index (χ4n) is 2.14. The second-order valence-electron chi connectivity index (χ2n) is 4.92. The number of pyridine rings is 2. The molecule has 1 aliphatic rings. The first-order valence-electron chi connectivity index (χ1n) is 6.54. The molecule has 0 aromatic carbocycles. The van der Waals surface area contributed by atoms with E-state index in [0.717, 1.165) is 22.9 Å². The Morgan fingerprint density at radius 2 is 2.15 bits per heavy atom. The van der Waals surface area contributed by atoms with Crippen LogP contribution in [-0.4, -0.2) is 26.8 Å². The average molecular weight is 332 g/mol. The van der Waals surface area contributed by atoms with Crippen molar-refractivity contribution in [2.24, 2.45) is 0 Å². The summed E-state index contributed by atoms with van der Waals surface area (Å²) in [7, 11) is 0. The zero-order valence-corrected chi connectivity index (χ0v) is 12.5. The molecule has 0 unspecified atom stereocenters. The van der Waals surface area contributed by atoms with Gasteiger partial charge in [-0.25, -0.2) is 0 Å². The molecular weight excluding hydrogens is 318 g/mol. The van der Waals surface area contributed by atoms with Crippen LogP contribution < -0.4 is 0 Å². The van der Waals surface area contributed by atoms with E-state index in [1.165, 1.54) is 0 Å². The van der Waals surface area contributed by atoms with Crippen LogP contribution in [0.3, 0.4) is 0 Å². The highest BCUT2D eigenvalue weighted by Crippen LogP contribution is 2.30. The van der Waals surface area contributed by atoms with Crippen molar-refractivity contribution < 1.29 is 4.79 Å². The zero-order valence-electron chi connectivity index (χ0n) is 10.9. The molecule has 1 aliphatic carbocycles. The standard InChI is InChI=1S/C15H14BrN3O/c16-13-6-12(8-18-9-13)15(20)19(14-3-4-14)10-11-2-1-5-17-7-11/h1-2,5-9,14H,3-4,10H2. The van der Waals surface area contributed by atoms with Gasteiger partial charge in [0.05, 0.1) is 5.56 Å². The number of carbonyl (C=O) groups excluding carboxylic acids is 1. The molecule has 5 heteroatoms. The molecule has 4 nitrogen and oxygen atoms in total. The van der Waals surface area contributed by atoms with Gasteiger partial charge < -0.3 is 4.90 Å². The molecule has 0 saturated heterocycles.